The summed E-state index contributed by atoms with van der Waals surface area (Å²) in [5.74, 6) is 0. The first kappa shape index (κ1) is 12.0. The third-order valence-corrected chi connectivity index (χ3v) is 3.83. The summed E-state index contributed by atoms with van der Waals surface area (Å²) in [5.41, 5.74) is 7.73. The molecular weight excluding hydrogens is 242 g/mol. The lowest BCUT2D eigenvalue weighted by molar-refractivity contribution is 0.266. The van der Waals surface area contributed by atoms with Crippen molar-refractivity contribution in [1.29, 1.82) is 0 Å². The van der Waals surface area contributed by atoms with E-state index in [2.05, 4.69) is 5.32 Å². The highest BCUT2D eigenvalue weighted by molar-refractivity contribution is 5.93. The van der Waals surface area contributed by atoms with Gasteiger partial charge < -0.3 is 20.7 Å². The predicted molar refractivity (Wildman–Crippen MR) is 76.3 cm³/mol. The zero-order valence-corrected chi connectivity index (χ0v) is 10.8. The van der Waals surface area contributed by atoms with Gasteiger partial charge >= 0.3 is 0 Å². The average molecular weight is 259 g/mol. The van der Waals surface area contributed by atoms with E-state index in [1.54, 1.807) is 23.7 Å². The number of nitrogens with one attached hydrogen (secondary N) is 1. The molecule has 5 heteroatoms. The molecule has 100 valence electrons. The third-order valence-electron chi connectivity index (χ3n) is 3.83. The SMILES string of the molecule is Cn1c(=O)cc(NC2(CO)CC2)c2cc(N)ccc21. The predicted octanol–water partition coefficient (Wildman–Crippen LogP) is 1.06. The number of aliphatic hydroxyl groups excluding tert-OH is 1. The Morgan fingerprint density at radius 2 is 2.16 bits per heavy atom. The minimum Gasteiger partial charge on any atom is -0.399 e. The molecule has 2 aromatic rings. The van der Waals surface area contributed by atoms with Crippen LogP contribution in [0, 0.1) is 0 Å². The topological polar surface area (TPSA) is 80.3 Å². The van der Waals surface area contributed by atoms with Crippen molar-refractivity contribution in [3.05, 3.63) is 34.6 Å². The van der Waals surface area contributed by atoms with Crippen molar-refractivity contribution in [3.8, 4) is 0 Å². The van der Waals surface area contributed by atoms with Gasteiger partial charge in [-0.1, -0.05) is 0 Å². The maximum absolute atomic E-state index is 12.0. The van der Waals surface area contributed by atoms with Crippen LogP contribution in [0.2, 0.25) is 0 Å². The zero-order valence-electron chi connectivity index (χ0n) is 10.8. The highest BCUT2D eigenvalue weighted by Gasteiger charge is 2.42. The molecule has 1 saturated carbocycles. The summed E-state index contributed by atoms with van der Waals surface area (Å²) in [6.45, 7) is 0.0754. The van der Waals surface area contributed by atoms with Gasteiger partial charge in [-0.25, -0.2) is 0 Å². The summed E-state index contributed by atoms with van der Waals surface area (Å²) in [6, 6.07) is 7.04. The van der Waals surface area contributed by atoms with Crippen molar-refractivity contribution >= 4 is 22.3 Å². The molecule has 0 amide bonds. The van der Waals surface area contributed by atoms with Crippen molar-refractivity contribution in [2.75, 3.05) is 17.7 Å². The monoisotopic (exact) mass is 259 g/mol. The number of hydrogen-bond acceptors (Lipinski definition) is 4. The van der Waals surface area contributed by atoms with Crippen LogP contribution in [0.3, 0.4) is 0 Å². The van der Waals surface area contributed by atoms with E-state index in [0.29, 0.717) is 5.69 Å². The number of aromatic nitrogens is 1. The minimum atomic E-state index is -0.260. The number of aryl methyl sites for hydroxylation is 1. The molecule has 0 unspecified atom stereocenters. The molecule has 3 rings (SSSR count). The van der Waals surface area contributed by atoms with E-state index in [1.807, 2.05) is 12.1 Å². The Balaban J connectivity index is 2.20. The molecule has 5 nitrogen and oxygen atoms in total. The summed E-state index contributed by atoms with van der Waals surface area (Å²) in [7, 11) is 1.74. The average Bonchev–Trinajstić information content (AvgIpc) is 3.16. The van der Waals surface area contributed by atoms with Gasteiger partial charge in [0.25, 0.3) is 5.56 Å². The number of hydrogen-bond donors (Lipinski definition) is 3. The first-order valence-corrected chi connectivity index (χ1v) is 6.33. The van der Waals surface area contributed by atoms with E-state index >= 15 is 0 Å². The van der Waals surface area contributed by atoms with Gasteiger partial charge in [-0.05, 0) is 31.0 Å². The third kappa shape index (κ3) is 1.96. The highest BCUT2D eigenvalue weighted by Crippen LogP contribution is 2.39. The Hall–Kier alpha value is -2.01. The van der Waals surface area contributed by atoms with Crippen LogP contribution >= 0.6 is 0 Å². The molecule has 0 spiro atoms. The number of rotatable bonds is 3. The number of fused-ring (bicyclic) bond motifs is 1. The normalized spacial score (nSPS) is 16.5. The lowest BCUT2D eigenvalue weighted by atomic mass is 10.1. The summed E-state index contributed by atoms with van der Waals surface area (Å²) < 4.78 is 1.60. The number of anilines is 2. The van der Waals surface area contributed by atoms with Crippen LogP contribution in [0.5, 0.6) is 0 Å². The van der Waals surface area contributed by atoms with Gasteiger partial charge in [-0.3, -0.25) is 4.79 Å². The number of pyridine rings is 1. The molecule has 1 heterocycles. The molecule has 0 atom stereocenters. The van der Waals surface area contributed by atoms with Gasteiger partial charge in [0.1, 0.15) is 0 Å². The molecule has 0 aliphatic heterocycles. The van der Waals surface area contributed by atoms with Crippen LogP contribution in [-0.4, -0.2) is 21.8 Å². The lowest BCUT2D eigenvalue weighted by Gasteiger charge is -2.18. The number of nitrogens with zero attached hydrogens (tertiary/aromatic N) is 1. The maximum Gasteiger partial charge on any atom is 0.252 e. The second kappa shape index (κ2) is 3.99. The summed E-state index contributed by atoms with van der Waals surface area (Å²) >= 11 is 0. The van der Waals surface area contributed by atoms with Gasteiger partial charge in [0.05, 0.1) is 17.7 Å². The fourth-order valence-corrected chi connectivity index (χ4v) is 2.34. The largest absolute Gasteiger partial charge is 0.399 e. The van der Waals surface area contributed by atoms with Crippen LogP contribution < -0.4 is 16.6 Å². The zero-order chi connectivity index (χ0) is 13.6. The molecule has 0 bridgehead atoms. The van der Waals surface area contributed by atoms with Crippen molar-refractivity contribution in [3.63, 3.8) is 0 Å². The smallest absolute Gasteiger partial charge is 0.252 e. The minimum absolute atomic E-state index is 0.0754. The van der Waals surface area contributed by atoms with Crippen LogP contribution in [0.4, 0.5) is 11.4 Å². The quantitative estimate of drug-likeness (QED) is 0.720. The lowest BCUT2D eigenvalue weighted by Crippen LogP contribution is -2.27. The van der Waals surface area contributed by atoms with Gasteiger partial charge in [0.2, 0.25) is 0 Å². The van der Waals surface area contributed by atoms with Crippen molar-refractivity contribution in [2.45, 2.75) is 18.4 Å². The summed E-state index contributed by atoms with van der Waals surface area (Å²) in [4.78, 5) is 12.0. The number of benzene rings is 1. The molecule has 1 aromatic heterocycles. The Bertz CT molecular complexity index is 702. The maximum atomic E-state index is 12.0. The van der Waals surface area contributed by atoms with E-state index in [9.17, 15) is 9.90 Å². The van der Waals surface area contributed by atoms with Gasteiger partial charge in [-0.2, -0.15) is 0 Å². The Kier molecular flexibility index (Phi) is 2.53. The molecule has 1 fully saturated rings. The number of aliphatic hydroxyl groups is 1. The molecule has 4 N–H and O–H groups in total. The van der Waals surface area contributed by atoms with E-state index in [1.165, 1.54) is 0 Å². The molecule has 1 aliphatic rings. The first-order chi connectivity index (χ1) is 9.04. The van der Waals surface area contributed by atoms with Crippen LogP contribution in [0.25, 0.3) is 10.9 Å². The Morgan fingerprint density at radius 1 is 1.42 bits per heavy atom. The first-order valence-electron chi connectivity index (χ1n) is 6.33. The molecule has 0 saturated heterocycles. The van der Waals surface area contributed by atoms with Gasteiger partial charge in [0, 0.05) is 29.9 Å². The number of nitrogens with two attached hydrogens (primary N) is 1. The van der Waals surface area contributed by atoms with Crippen LogP contribution in [0.15, 0.2) is 29.1 Å². The van der Waals surface area contributed by atoms with Gasteiger partial charge in [0.15, 0.2) is 0 Å². The second-order valence-corrected chi connectivity index (χ2v) is 5.30. The summed E-state index contributed by atoms with van der Waals surface area (Å²) in [6.07, 6.45) is 1.84. The standard InChI is InChI=1S/C14H17N3O2/c1-17-12-3-2-9(15)6-10(12)11(7-13(17)19)16-14(8-18)4-5-14/h2-3,6-7,16,18H,4-5,8,15H2,1H3. The van der Waals surface area contributed by atoms with E-state index in [4.69, 9.17) is 5.73 Å². The molecule has 19 heavy (non-hydrogen) atoms. The van der Waals surface area contributed by atoms with E-state index in [0.717, 1.165) is 29.4 Å². The Morgan fingerprint density at radius 3 is 2.79 bits per heavy atom. The van der Waals surface area contributed by atoms with Crippen molar-refractivity contribution < 1.29 is 5.11 Å². The van der Waals surface area contributed by atoms with Gasteiger partial charge in [-0.15, -0.1) is 0 Å². The molecule has 1 aromatic carbocycles. The summed E-state index contributed by atoms with van der Waals surface area (Å²) in [5, 5.41) is 13.6. The fraction of sp³-hybridized carbons (Fsp3) is 0.357. The molecular formula is C14H17N3O2. The van der Waals surface area contributed by atoms with Crippen molar-refractivity contribution in [1.82, 2.24) is 4.57 Å². The van der Waals surface area contributed by atoms with Crippen molar-refractivity contribution in [2.24, 2.45) is 7.05 Å². The second-order valence-electron chi connectivity index (χ2n) is 5.30. The van der Waals surface area contributed by atoms with E-state index in [-0.39, 0.29) is 17.7 Å². The molecule has 1 aliphatic carbocycles. The molecule has 0 radical (unpaired) electrons. The highest BCUT2D eigenvalue weighted by atomic mass is 16.3. The number of nitrogen functional groups attached to an aromatic ring is 1. The van der Waals surface area contributed by atoms with Crippen LogP contribution in [0.1, 0.15) is 12.8 Å². The van der Waals surface area contributed by atoms with Crippen LogP contribution in [-0.2, 0) is 7.05 Å². The fourth-order valence-electron chi connectivity index (χ4n) is 2.34. The Labute approximate surface area is 110 Å². The van der Waals surface area contributed by atoms with E-state index < -0.39 is 0 Å².